The molecule has 1 amide bonds. The zero-order valence-electron chi connectivity index (χ0n) is 15.6. The molecule has 0 radical (unpaired) electrons. The monoisotopic (exact) mass is 383 g/mol. The van der Waals surface area contributed by atoms with E-state index in [-0.39, 0.29) is 12.7 Å². The predicted octanol–water partition coefficient (Wildman–Crippen LogP) is 3.50. The van der Waals surface area contributed by atoms with Crippen LogP contribution in [0.25, 0.3) is 0 Å². The Morgan fingerprint density at radius 3 is 2.39 bits per heavy atom. The first-order valence-electron chi connectivity index (χ1n) is 9.52. The molecule has 0 aromatic heterocycles. The van der Waals surface area contributed by atoms with Crippen molar-refractivity contribution in [1.82, 2.24) is 5.32 Å². The van der Waals surface area contributed by atoms with Gasteiger partial charge in [-0.1, -0.05) is 60.7 Å². The van der Waals surface area contributed by atoms with E-state index in [1.807, 2.05) is 36.4 Å². The minimum atomic E-state index is -0.969. The van der Waals surface area contributed by atoms with E-state index in [0.717, 1.165) is 18.4 Å². The third-order valence-corrected chi connectivity index (χ3v) is 4.72. The van der Waals surface area contributed by atoms with Crippen molar-refractivity contribution in [2.75, 3.05) is 0 Å². The number of amides is 1. The quantitative estimate of drug-likeness (QED) is 0.746. The van der Waals surface area contributed by atoms with Crippen molar-refractivity contribution in [3.63, 3.8) is 0 Å². The Morgan fingerprint density at radius 2 is 1.71 bits per heavy atom. The Morgan fingerprint density at radius 1 is 1.04 bits per heavy atom. The number of benzene rings is 2. The lowest BCUT2D eigenvalue weighted by Crippen LogP contribution is -2.38. The van der Waals surface area contributed by atoms with E-state index in [0.29, 0.717) is 18.4 Å². The minimum absolute atomic E-state index is 0.109. The number of rotatable bonds is 6. The molecule has 1 saturated carbocycles. The molecule has 1 fully saturated rings. The van der Waals surface area contributed by atoms with Crippen LogP contribution in [0.15, 0.2) is 60.7 Å². The summed E-state index contributed by atoms with van der Waals surface area (Å²) < 4.78 is 10.8. The SMILES string of the molecule is O=C(N[C@@H](C(=O)O[C@@H]1CCC[C@@H](O)C1)c1ccccc1)OCc1ccccc1. The fourth-order valence-corrected chi connectivity index (χ4v) is 3.27. The minimum Gasteiger partial charge on any atom is -0.460 e. The maximum absolute atomic E-state index is 12.8. The molecule has 2 aromatic rings. The maximum Gasteiger partial charge on any atom is 0.408 e. The molecule has 6 nitrogen and oxygen atoms in total. The predicted molar refractivity (Wildman–Crippen MR) is 103 cm³/mol. The highest BCUT2D eigenvalue weighted by molar-refractivity contribution is 5.82. The normalized spacial score (nSPS) is 20.0. The van der Waals surface area contributed by atoms with Crippen LogP contribution in [-0.2, 0) is 20.9 Å². The van der Waals surface area contributed by atoms with E-state index in [1.54, 1.807) is 24.3 Å². The summed E-state index contributed by atoms with van der Waals surface area (Å²) in [5.41, 5.74) is 1.47. The molecule has 0 aliphatic heterocycles. The van der Waals surface area contributed by atoms with Gasteiger partial charge in [0.2, 0.25) is 0 Å². The Hall–Kier alpha value is -2.86. The number of aliphatic hydroxyl groups excluding tert-OH is 1. The third kappa shape index (κ3) is 5.82. The average molecular weight is 383 g/mol. The second-order valence-electron chi connectivity index (χ2n) is 6.93. The van der Waals surface area contributed by atoms with Crippen LogP contribution in [0.5, 0.6) is 0 Å². The molecular weight excluding hydrogens is 358 g/mol. The molecule has 1 aliphatic carbocycles. The van der Waals surface area contributed by atoms with Crippen molar-refractivity contribution in [3.8, 4) is 0 Å². The van der Waals surface area contributed by atoms with E-state index >= 15 is 0 Å². The van der Waals surface area contributed by atoms with Gasteiger partial charge in [-0.2, -0.15) is 0 Å². The summed E-state index contributed by atoms with van der Waals surface area (Å²) in [4.78, 5) is 25.0. The Bertz CT molecular complexity index is 765. The van der Waals surface area contributed by atoms with E-state index in [2.05, 4.69) is 5.32 Å². The first kappa shape index (κ1) is 19.9. The first-order valence-corrected chi connectivity index (χ1v) is 9.52. The highest BCUT2D eigenvalue weighted by Gasteiger charge is 2.29. The largest absolute Gasteiger partial charge is 0.460 e. The zero-order valence-corrected chi connectivity index (χ0v) is 15.6. The number of hydrogen-bond acceptors (Lipinski definition) is 5. The number of carbonyl (C=O) groups excluding carboxylic acids is 2. The Balaban J connectivity index is 1.63. The first-order chi connectivity index (χ1) is 13.6. The maximum atomic E-state index is 12.8. The smallest absolute Gasteiger partial charge is 0.408 e. The van der Waals surface area contributed by atoms with Crippen molar-refractivity contribution in [3.05, 3.63) is 71.8 Å². The van der Waals surface area contributed by atoms with Crippen molar-refractivity contribution in [2.24, 2.45) is 0 Å². The van der Waals surface area contributed by atoms with Crippen LogP contribution in [0.4, 0.5) is 4.79 Å². The van der Waals surface area contributed by atoms with Crippen molar-refractivity contribution in [2.45, 2.75) is 50.5 Å². The molecule has 0 heterocycles. The summed E-state index contributed by atoms with van der Waals surface area (Å²) in [6, 6.07) is 17.2. The zero-order chi connectivity index (χ0) is 19.8. The van der Waals surface area contributed by atoms with Crippen molar-refractivity contribution < 1.29 is 24.2 Å². The van der Waals surface area contributed by atoms with Crippen molar-refractivity contribution >= 4 is 12.1 Å². The molecule has 3 atom stereocenters. The lowest BCUT2D eigenvalue weighted by molar-refractivity contribution is -0.154. The van der Waals surface area contributed by atoms with Crippen LogP contribution in [0.3, 0.4) is 0 Å². The molecule has 0 spiro atoms. The Labute approximate surface area is 164 Å². The molecule has 2 N–H and O–H groups in total. The summed E-state index contributed by atoms with van der Waals surface area (Å²) in [7, 11) is 0. The molecule has 0 saturated heterocycles. The highest BCUT2D eigenvalue weighted by Crippen LogP contribution is 2.24. The number of hydrogen-bond donors (Lipinski definition) is 2. The molecule has 6 heteroatoms. The van der Waals surface area contributed by atoms with Crippen LogP contribution < -0.4 is 5.32 Å². The number of carbonyl (C=O) groups is 2. The van der Waals surface area contributed by atoms with E-state index < -0.39 is 24.2 Å². The Kier molecular flexibility index (Phi) is 7.03. The molecule has 28 heavy (non-hydrogen) atoms. The van der Waals surface area contributed by atoms with E-state index in [1.165, 1.54) is 0 Å². The van der Waals surface area contributed by atoms with E-state index in [4.69, 9.17) is 9.47 Å². The number of ether oxygens (including phenoxy) is 2. The molecule has 2 aromatic carbocycles. The summed E-state index contributed by atoms with van der Waals surface area (Å²) in [6.07, 6.45) is 1.17. The highest BCUT2D eigenvalue weighted by atomic mass is 16.6. The average Bonchev–Trinajstić information content (AvgIpc) is 2.72. The van der Waals surface area contributed by atoms with Gasteiger partial charge in [0.25, 0.3) is 0 Å². The second kappa shape index (κ2) is 9.90. The molecule has 0 bridgehead atoms. The van der Waals surface area contributed by atoms with Gasteiger partial charge in [0.1, 0.15) is 12.7 Å². The van der Waals surface area contributed by atoms with Gasteiger partial charge in [-0.3, -0.25) is 0 Å². The summed E-state index contributed by atoms with van der Waals surface area (Å²) >= 11 is 0. The van der Waals surface area contributed by atoms with Crippen LogP contribution in [-0.4, -0.2) is 29.4 Å². The van der Waals surface area contributed by atoms with Gasteiger partial charge < -0.3 is 19.9 Å². The molecule has 148 valence electrons. The van der Waals surface area contributed by atoms with Crippen molar-refractivity contribution in [1.29, 1.82) is 0 Å². The summed E-state index contributed by atoms with van der Waals surface area (Å²) in [5, 5.41) is 12.4. The summed E-state index contributed by atoms with van der Waals surface area (Å²) in [5.74, 6) is -0.554. The van der Waals surface area contributed by atoms with Crippen LogP contribution in [0, 0.1) is 0 Å². The summed E-state index contributed by atoms with van der Waals surface area (Å²) in [6.45, 7) is 0.109. The van der Waals surface area contributed by atoms with Gasteiger partial charge in [0, 0.05) is 6.42 Å². The van der Waals surface area contributed by atoms with Gasteiger partial charge in [0.05, 0.1) is 6.10 Å². The number of nitrogens with one attached hydrogen (secondary N) is 1. The molecular formula is C22H25NO5. The second-order valence-corrected chi connectivity index (χ2v) is 6.93. The van der Waals surface area contributed by atoms with Crippen LogP contribution >= 0.6 is 0 Å². The third-order valence-electron chi connectivity index (χ3n) is 4.72. The fraction of sp³-hybridized carbons (Fsp3) is 0.364. The van der Waals surface area contributed by atoms with Gasteiger partial charge in [-0.05, 0) is 30.4 Å². The number of aliphatic hydroxyl groups is 1. The van der Waals surface area contributed by atoms with E-state index in [9.17, 15) is 14.7 Å². The molecule has 3 rings (SSSR count). The standard InChI is InChI=1S/C22H25NO5/c24-18-12-7-13-19(14-18)28-21(25)20(17-10-5-2-6-11-17)23-22(26)27-15-16-8-3-1-4-9-16/h1-6,8-11,18-20,24H,7,12-15H2,(H,23,26)/t18-,19-,20-/m1/s1. The van der Waals surface area contributed by atoms with Crippen LogP contribution in [0.2, 0.25) is 0 Å². The fourth-order valence-electron chi connectivity index (χ4n) is 3.27. The number of alkyl carbamates (subject to hydrolysis) is 1. The molecule has 0 unspecified atom stereocenters. The lowest BCUT2D eigenvalue weighted by Gasteiger charge is -2.27. The topological polar surface area (TPSA) is 84.9 Å². The van der Waals surface area contributed by atoms with Gasteiger partial charge in [-0.25, -0.2) is 9.59 Å². The van der Waals surface area contributed by atoms with Gasteiger partial charge in [-0.15, -0.1) is 0 Å². The number of esters is 1. The molecule has 1 aliphatic rings. The lowest BCUT2D eigenvalue weighted by atomic mass is 9.95. The van der Waals surface area contributed by atoms with Gasteiger partial charge >= 0.3 is 12.1 Å². The van der Waals surface area contributed by atoms with Gasteiger partial charge in [0.15, 0.2) is 6.04 Å². The van der Waals surface area contributed by atoms with Crippen LogP contribution in [0.1, 0.15) is 42.9 Å².